The highest BCUT2D eigenvalue weighted by Gasteiger charge is 2.19. The van der Waals surface area contributed by atoms with Crippen LogP contribution in [0, 0.1) is 11.8 Å². The number of pyridine rings is 1. The van der Waals surface area contributed by atoms with Crippen LogP contribution in [0.4, 0.5) is 0 Å². The highest BCUT2D eigenvalue weighted by Crippen LogP contribution is 2.08. The van der Waals surface area contributed by atoms with Gasteiger partial charge in [-0.3, -0.25) is 4.79 Å². The molecule has 0 bridgehead atoms. The van der Waals surface area contributed by atoms with Gasteiger partial charge in [0.05, 0.1) is 6.54 Å². The molecule has 5 heteroatoms. The number of nitrogens with one attached hydrogen (secondary N) is 1. The summed E-state index contributed by atoms with van der Waals surface area (Å²) in [7, 11) is 2.07. The molecular weight excluding hydrogens is 252 g/mol. The number of aromatic nitrogens is 1. The Morgan fingerprint density at radius 2 is 2.45 bits per heavy atom. The van der Waals surface area contributed by atoms with Crippen LogP contribution in [0.15, 0.2) is 18.3 Å². The number of likely N-dealkylation sites (tertiary alicyclic amines) is 1. The van der Waals surface area contributed by atoms with Crippen LogP contribution in [-0.2, 0) is 0 Å². The Hall–Kier alpha value is -1.90. The molecule has 0 aliphatic carbocycles. The third-order valence-electron chi connectivity index (χ3n) is 3.29. The summed E-state index contributed by atoms with van der Waals surface area (Å²) in [6, 6.07) is 3.69. The minimum absolute atomic E-state index is 0.122. The van der Waals surface area contributed by atoms with Crippen molar-refractivity contribution in [3.8, 4) is 11.8 Å². The summed E-state index contributed by atoms with van der Waals surface area (Å²) in [6.45, 7) is 2.31. The second-order valence-electron chi connectivity index (χ2n) is 5.01. The van der Waals surface area contributed by atoms with Gasteiger partial charge < -0.3 is 16.0 Å². The normalized spacial score (nSPS) is 19.0. The Labute approximate surface area is 119 Å². The molecule has 1 unspecified atom stereocenters. The van der Waals surface area contributed by atoms with Crippen molar-refractivity contribution >= 4 is 5.91 Å². The molecule has 2 heterocycles. The van der Waals surface area contributed by atoms with E-state index in [9.17, 15) is 4.79 Å². The van der Waals surface area contributed by atoms with E-state index in [1.807, 2.05) is 0 Å². The number of hydrogen-bond donors (Lipinski definition) is 2. The number of carbonyl (C=O) groups is 1. The molecule has 0 aromatic carbocycles. The van der Waals surface area contributed by atoms with Gasteiger partial charge in [-0.2, -0.15) is 0 Å². The molecule has 106 valence electrons. The summed E-state index contributed by atoms with van der Waals surface area (Å²) in [5.74, 6) is 5.52. The lowest BCUT2D eigenvalue weighted by molar-refractivity contribution is 0.0907. The molecule has 1 amide bonds. The van der Waals surface area contributed by atoms with E-state index in [2.05, 4.69) is 34.1 Å². The van der Waals surface area contributed by atoms with E-state index in [1.54, 1.807) is 18.3 Å². The summed E-state index contributed by atoms with van der Waals surface area (Å²) in [5.41, 5.74) is 6.50. The predicted molar refractivity (Wildman–Crippen MR) is 78.2 cm³/mol. The quantitative estimate of drug-likeness (QED) is 0.755. The van der Waals surface area contributed by atoms with E-state index < -0.39 is 0 Å². The maximum absolute atomic E-state index is 12.1. The van der Waals surface area contributed by atoms with Crippen LogP contribution in [0.2, 0.25) is 0 Å². The first-order valence-corrected chi connectivity index (χ1v) is 6.83. The van der Waals surface area contributed by atoms with E-state index in [1.165, 1.54) is 0 Å². The lowest BCUT2D eigenvalue weighted by atomic mass is 10.1. The maximum Gasteiger partial charge on any atom is 0.270 e. The molecule has 0 saturated carbocycles. The number of nitrogens with zero attached hydrogens (tertiary/aromatic N) is 2. The fourth-order valence-corrected chi connectivity index (χ4v) is 2.30. The molecule has 1 fully saturated rings. The minimum Gasteiger partial charge on any atom is -0.347 e. The number of nitrogens with two attached hydrogens (primary N) is 1. The Bertz CT molecular complexity index is 515. The molecule has 1 aliphatic rings. The van der Waals surface area contributed by atoms with Crippen molar-refractivity contribution in [2.75, 3.05) is 26.7 Å². The van der Waals surface area contributed by atoms with Gasteiger partial charge in [-0.15, -0.1) is 0 Å². The molecule has 0 spiro atoms. The monoisotopic (exact) mass is 272 g/mol. The summed E-state index contributed by atoms with van der Waals surface area (Å²) in [5, 5.41) is 3.03. The van der Waals surface area contributed by atoms with Gasteiger partial charge >= 0.3 is 0 Å². The average molecular weight is 272 g/mol. The number of hydrogen-bond acceptors (Lipinski definition) is 4. The lowest BCUT2D eigenvalue weighted by Gasteiger charge is -2.30. The van der Waals surface area contributed by atoms with E-state index in [-0.39, 0.29) is 11.9 Å². The average Bonchev–Trinajstić information content (AvgIpc) is 2.45. The largest absolute Gasteiger partial charge is 0.347 e. The van der Waals surface area contributed by atoms with Gasteiger partial charge in [0.1, 0.15) is 5.69 Å². The second kappa shape index (κ2) is 7.04. The van der Waals surface area contributed by atoms with Gasteiger partial charge in [0.25, 0.3) is 5.91 Å². The van der Waals surface area contributed by atoms with Crippen molar-refractivity contribution in [2.45, 2.75) is 18.9 Å². The van der Waals surface area contributed by atoms with Crippen molar-refractivity contribution < 1.29 is 4.79 Å². The van der Waals surface area contributed by atoms with Gasteiger partial charge in [-0.25, -0.2) is 4.98 Å². The smallest absolute Gasteiger partial charge is 0.270 e. The standard InChI is InChI=1S/C15H20N4O/c1-19-9-3-5-13(11-19)18-15(20)14-7-6-12(10-17-14)4-2-8-16/h6-7,10,13H,3,5,8-9,11,16H2,1H3,(H,18,20). The highest BCUT2D eigenvalue weighted by atomic mass is 16.1. The van der Waals surface area contributed by atoms with E-state index in [0.29, 0.717) is 12.2 Å². The summed E-state index contributed by atoms with van der Waals surface area (Å²) >= 11 is 0. The fraction of sp³-hybridized carbons (Fsp3) is 0.467. The summed E-state index contributed by atoms with van der Waals surface area (Å²) in [4.78, 5) is 18.5. The molecule has 5 nitrogen and oxygen atoms in total. The molecular formula is C15H20N4O. The Morgan fingerprint density at radius 3 is 3.10 bits per heavy atom. The van der Waals surface area contributed by atoms with Gasteiger partial charge in [0, 0.05) is 24.3 Å². The van der Waals surface area contributed by atoms with Crippen molar-refractivity contribution in [1.29, 1.82) is 0 Å². The second-order valence-corrected chi connectivity index (χ2v) is 5.01. The first kappa shape index (κ1) is 14.5. The lowest BCUT2D eigenvalue weighted by Crippen LogP contribution is -2.46. The van der Waals surface area contributed by atoms with Gasteiger partial charge in [0.15, 0.2) is 0 Å². The number of amides is 1. The van der Waals surface area contributed by atoms with Crippen LogP contribution >= 0.6 is 0 Å². The van der Waals surface area contributed by atoms with Gasteiger partial charge in [-0.05, 0) is 38.6 Å². The molecule has 1 saturated heterocycles. The van der Waals surface area contributed by atoms with E-state index in [0.717, 1.165) is 31.5 Å². The van der Waals surface area contributed by atoms with Crippen LogP contribution in [0.5, 0.6) is 0 Å². The molecule has 3 N–H and O–H groups in total. The predicted octanol–water partition coefficient (Wildman–Crippen LogP) is 0.216. The highest BCUT2D eigenvalue weighted by molar-refractivity contribution is 5.92. The topological polar surface area (TPSA) is 71.2 Å². The van der Waals surface area contributed by atoms with E-state index >= 15 is 0 Å². The van der Waals surface area contributed by atoms with Crippen LogP contribution in [-0.4, -0.2) is 48.5 Å². The molecule has 20 heavy (non-hydrogen) atoms. The number of likely N-dealkylation sites (N-methyl/N-ethyl adjacent to an activating group) is 1. The van der Waals surface area contributed by atoms with Crippen molar-refractivity contribution in [1.82, 2.24) is 15.2 Å². The zero-order valence-electron chi connectivity index (χ0n) is 11.7. The molecule has 1 aliphatic heterocycles. The first-order valence-electron chi connectivity index (χ1n) is 6.83. The van der Waals surface area contributed by atoms with Crippen LogP contribution in [0.1, 0.15) is 28.9 Å². The van der Waals surface area contributed by atoms with Gasteiger partial charge in [0.2, 0.25) is 0 Å². The molecule has 0 radical (unpaired) electrons. The zero-order chi connectivity index (χ0) is 14.4. The van der Waals surface area contributed by atoms with Crippen LogP contribution in [0.3, 0.4) is 0 Å². The Kier molecular flexibility index (Phi) is 5.10. The molecule has 1 atom stereocenters. The first-order chi connectivity index (χ1) is 9.69. The maximum atomic E-state index is 12.1. The van der Waals surface area contributed by atoms with Crippen molar-refractivity contribution in [3.63, 3.8) is 0 Å². The Morgan fingerprint density at radius 1 is 1.60 bits per heavy atom. The fourth-order valence-electron chi connectivity index (χ4n) is 2.30. The zero-order valence-corrected chi connectivity index (χ0v) is 11.7. The van der Waals surface area contributed by atoms with E-state index in [4.69, 9.17) is 5.73 Å². The molecule has 1 aromatic rings. The minimum atomic E-state index is -0.122. The number of carbonyl (C=O) groups excluding carboxylic acids is 1. The summed E-state index contributed by atoms with van der Waals surface area (Å²) in [6.07, 6.45) is 3.74. The Balaban J connectivity index is 1.95. The van der Waals surface area contributed by atoms with Gasteiger partial charge in [-0.1, -0.05) is 11.8 Å². The molecule has 2 rings (SSSR count). The number of rotatable bonds is 2. The van der Waals surface area contributed by atoms with Crippen molar-refractivity contribution in [2.24, 2.45) is 5.73 Å². The summed E-state index contributed by atoms with van der Waals surface area (Å²) < 4.78 is 0. The SMILES string of the molecule is CN1CCCC(NC(=O)c2ccc(C#CCN)cn2)C1. The van der Waals surface area contributed by atoms with Crippen LogP contribution in [0.25, 0.3) is 0 Å². The van der Waals surface area contributed by atoms with Crippen LogP contribution < -0.4 is 11.1 Å². The van der Waals surface area contributed by atoms with Crippen molar-refractivity contribution in [3.05, 3.63) is 29.6 Å². The third kappa shape index (κ3) is 4.05. The third-order valence-corrected chi connectivity index (χ3v) is 3.29. The molecule has 1 aromatic heterocycles. The number of piperidine rings is 1.